The van der Waals surface area contributed by atoms with Crippen LogP contribution in [-0.2, 0) is 17.8 Å². The first-order valence-corrected chi connectivity index (χ1v) is 6.27. The smallest absolute Gasteiger partial charge is 0.242 e. The third kappa shape index (κ3) is 2.37. The second-order valence-electron chi connectivity index (χ2n) is 4.64. The molecule has 0 atom stereocenters. The van der Waals surface area contributed by atoms with Gasteiger partial charge in [0, 0.05) is 20.5 Å². The molecule has 1 heterocycles. The number of nitrogens with zero attached hydrogens (tertiary/aromatic N) is 3. The Balaban J connectivity index is 2.44. The minimum atomic E-state index is 0.0931. The molecule has 0 saturated heterocycles. The van der Waals surface area contributed by atoms with E-state index in [1.807, 2.05) is 28.8 Å². The van der Waals surface area contributed by atoms with Crippen LogP contribution < -0.4 is 0 Å². The number of fused-ring (bicyclic) bond motifs is 1. The van der Waals surface area contributed by atoms with Gasteiger partial charge in [-0.2, -0.15) is 0 Å². The van der Waals surface area contributed by atoms with E-state index in [0.717, 1.165) is 29.7 Å². The highest BCUT2D eigenvalue weighted by Gasteiger charge is 2.13. The van der Waals surface area contributed by atoms with Gasteiger partial charge in [0.05, 0.1) is 11.0 Å². The van der Waals surface area contributed by atoms with Crippen molar-refractivity contribution in [2.75, 3.05) is 14.1 Å². The molecule has 0 spiro atoms. The first-order chi connectivity index (χ1) is 8.63. The van der Waals surface area contributed by atoms with E-state index in [1.165, 1.54) is 0 Å². The molecule has 1 aromatic carbocycles. The molecule has 4 nitrogen and oxygen atoms in total. The van der Waals surface area contributed by atoms with E-state index < -0.39 is 0 Å². The molecule has 0 unspecified atom stereocenters. The van der Waals surface area contributed by atoms with Gasteiger partial charge in [-0.3, -0.25) is 4.79 Å². The van der Waals surface area contributed by atoms with Crippen LogP contribution in [0.5, 0.6) is 0 Å². The zero-order valence-electron chi connectivity index (χ0n) is 11.2. The van der Waals surface area contributed by atoms with Gasteiger partial charge in [0.1, 0.15) is 12.4 Å². The predicted octanol–water partition coefficient (Wildman–Crippen LogP) is 2.08. The molecule has 2 aromatic rings. The van der Waals surface area contributed by atoms with Gasteiger partial charge >= 0.3 is 0 Å². The second-order valence-corrected chi connectivity index (χ2v) is 4.64. The lowest BCUT2D eigenvalue weighted by molar-refractivity contribution is -0.129. The fourth-order valence-electron chi connectivity index (χ4n) is 1.99. The molecule has 0 N–H and O–H groups in total. The molecule has 0 fully saturated rings. The molecule has 2 rings (SSSR count). The number of hydrogen-bond acceptors (Lipinski definition) is 2. The molecule has 0 aliphatic heterocycles. The summed E-state index contributed by atoms with van der Waals surface area (Å²) in [7, 11) is 3.56. The zero-order valence-corrected chi connectivity index (χ0v) is 11.2. The fraction of sp³-hybridized carbons (Fsp3) is 0.429. The molecule has 1 aromatic heterocycles. The van der Waals surface area contributed by atoms with Crippen LogP contribution in [0.15, 0.2) is 24.3 Å². The first-order valence-electron chi connectivity index (χ1n) is 6.27. The molecule has 18 heavy (non-hydrogen) atoms. The first kappa shape index (κ1) is 12.6. The van der Waals surface area contributed by atoms with Crippen molar-refractivity contribution < 1.29 is 4.79 Å². The molecule has 0 radical (unpaired) electrons. The highest BCUT2D eigenvalue weighted by molar-refractivity contribution is 5.80. The van der Waals surface area contributed by atoms with Gasteiger partial charge in [0.15, 0.2) is 0 Å². The van der Waals surface area contributed by atoms with Crippen LogP contribution in [0.2, 0.25) is 0 Å². The van der Waals surface area contributed by atoms with Crippen LogP contribution in [0.3, 0.4) is 0 Å². The highest BCUT2D eigenvalue weighted by atomic mass is 16.2. The quantitative estimate of drug-likeness (QED) is 0.827. The predicted molar refractivity (Wildman–Crippen MR) is 72.4 cm³/mol. The molecule has 0 saturated carbocycles. The van der Waals surface area contributed by atoms with Crippen molar-refractivity contribution in [2.24, 2.45) is 0 Å². The monoisotopic (exact) mass is 245 g/mol. The summed E-state index contributed by atoms with van der Waals surface area (Å²) >= 11 is 0. The number of likely N-dealkylation sites (N-methyl/N-ethyl adjacent to an activating group) is 1. The summed E-state index contributed by atoms with van der Waals surface area (Å²) in [5.41, 5.74) is 2.00. The molecule has 1 amide bonds. The van der Waals surface area contributed by atoms with Crippen molar-refractivity contribution in [3.8, 4) is 0 Å². The van der Waals surface area contributed by atoms with Crippen molar-refractivity contribution >= 4 is 16.9 Å². The average Bonchev–Trinajstić information content (AvgIpc) is 2.68. The molecule has 96 valence electrons. The van der Waals surface area contributed by atoms with Crippen molar-refractivity contribution in [1.29, 1.82) is 0 Å². The molecule has 0 aliphatic carbocycles. The van der Waals surface area contributed by atoms with Gasteiger partial charge in [-0.15, -0.1) is 0 Å². The summed E-state index contributed by atoms with van der Waals surface area (Å²) in [6, 6.07) is 7.97. The van der Waals surface area contributed by atoms with Gasteiger partial charge in [-0.05, 0) is 18.6 Å². The Morgan fingerprint density at radius 3 is 2.72 bits per heavy atom. The maximum Gasteiger partial charge on any atom is 0.242 e. The lowest BCUT2D eigenvalue weighted by atomic mass is 10.3. The van der Waals surface area contributed by atoms with Gasteiger partial charge in [0.25, 0.3) is 0 Å². The van der Waals surface area contributed by atoms with Crippen LogP contribution in [0.25, 0.3) is 11.0 Å². The minimum Gasteiger partial charge on any atom is -0.347 e. The van der Waals surface area contributed by atoms with Crippen LogP contribution >= 0.6 is 0 Å². The minimum absolute atomic E-state index is 0.0931. The topological polar surface area (TPSA) is 38.1 Å². The van der Waals surface area contributed by atoms with E-state index in [-0.39, 0.29) is 5.91 Å². The van der Waals surface area contributed by atoms with E-state index >= 15 is 0 Å². The Morgan fingerprint density at radius 2 is 2.06 bits per heavy atom. The third-order valence-corrected chi connectivity index (χ3v) is 3.00. The van der Waals surface area contributed by atoms with E-state index in [1.54, 1.807) is 19.0 Å². The van der Waals surface area contributed by atoms with Gasteiger partial charge in [0.2, 0.25) is 5.91 Å². The summed E-state index contributed by atoms with van der Waals surface area (Å²) < 4.78 is 2.03. The van der Waals surface area contributed by atoms with Crippen LogP contribution in [0, 0.1) is 0 Å². The van der Waals surface area contributed by atoms with Gasteiger partial charge in [-0.1, -0.05) is 19.1 Å². The SMILES string of the molecule is CCCc1nc2ccccc2n1CC(=O)N(C)C. The average molecular weight is 245 g/mol. The Bertz CT molecular complexity index is 557. The molecular formula is C14H19N3O. The van der Waals surface area contributed by atoms with Crippen LogP contribution in [-0.4, -0.2) is 34.5 Å². The van der Waals surface area contributed by atoms with Gasteiger partial charge in [-0.25, -0.2) is 4.98 Å². The number of hydrogen-bond donors (Lipinski definition) is 0. The Kier molecular flexibility index (Phi) is 3.65. The second kappa shape index (κ2) is 5.21. The number of carbonyl (C=O) groups excluding carboxylic acids is 1. The fourth-order valence-corrected chi connectivity index (χ4v) is 1.99. The lowest BCUT2D eigenvalue weighted by Crippen LogP contribution is -2.27. The van der Waals surface area contributed by atoms with Crippen molar-refractivity contribution in [2.45, 2.75) is 26.3 Å². The number of imidazole rings is 1. The van der Waals surface area contributed by atoms with E-state index in [2.05, 4.69) is 11.9 Å². The zero-order chi connectivity index (χ0) is 13.1. The molecular weight excluding hydrogens is 226 g/mol. The van der Waals surface area contributed by atoms with E-state index in [9.17, 15) is 4.79 Å². The standard InChI is InChI=1S/C14H19N3O/c1-4-7-13-15-11-8-5-6-9-12(11)17(13)10-14(18)16(2)3/h5-6,8-9H,4,7,10H2,1-3H3. The normalized spacial score (nSPS) is 10.8. The third-order valence-electron chi connectivity index (χ3n) is 3.00. The van der Waals surface area contributed by atoms with Crippen molar-refractivity contribution in [3.63, 3.8) is 0 Å². The maximum absolute atomic E-state index is 11.9. The summed E-state index contributed by atoms with van der Waals surface area (Å²) in [5, 5.41) is 0. The van der Waals surface area contributed by atoms with Crippen LogP contribution in [0.4, 0.5) is 0 Å². The van der Waals surface area contributed by atoms with E-state index in [0.29, 0.717) is 6.54 Å². The van der Waals surface area contributed by atoms with Gasteiger partial charge < -0.3 is 9.47 Å². The number of aromatic nitrogens is 2. The summed E-state index contributed by atoms with van der Waals surface area (Å²) in [4.78, 5) is 18.1. The Morgan fingerprint density at radius 1 is 1.33 bits per heavy atom. The summed E-state index contributed by atoms with van der Waals surface area (Å²) in [6.45, 7) is 2.49. The molecule has 0 bridgehead atoms. The Hall–Kier alpha value is -1.84. The lowest BCUT2D eigenvalue weighted by Gasteiger charge is -2.13. The number of para-hydroxylation sites is 2. The van der Waals surface area contributed by atoms with Crippen LogP contribution in [0.1, 0.15) is 19.2 Å². The van der Waals surface area contributed by atoms with Crippen molar-refractivity contribution in [3.05, 3.63) is 30.1 Å². The van der Waals surface area contributed by atoms with E-state index in [4.69, 9.17) is 0 Å². The number of benzene rings is 1. The highest BCUT2D eigenvalue weighted by Crippen LogP contribution is 2.17. The Labute approximate surface area is 107 Å². The number of aryl methyl sites for hydroxylation is 1. The molecule has 0 aliphatic rings. The summed E-state index contributed by atoms with van der Waals surface area (Å²) in [6.07, 6.45) is 1.93. The summed E-state index contributed by atoms with van der Waals surface area (Å²) in [5.74, 6) is 1.09. The molecule has 4 heteroatoms. The number of amides is 1. The largest absolute Gasteiger partial charge is 0.347 e. The van der Waals surface area contributed by atoms with Crippen molar-refractivity contribution in [1.82, 2.24) is 14.5 Å². The number of carbonyl (C=O) groups is 1. The number of rotatable bonds is 4. The maximum atomic E-state index is 11.9.